The van der Waals surface area contributed by atoms with E-state index in [1.807, 2.05) is 0 Å². The lowest BCUT2D eigenvalue weighted by atomic mass is 10.3. The van der Waals surface area contributed by atoms with Crippen LogP contribution in [0.5, 0.6) is 0 Å². The molecule has 3 rings (SSSR count). The summed E-state index contributed by atoms with van der Waals surface area (Å²) in [5.74, 6) is 1.99. The largest absolute Gasteiger partial charge is 0.328 e. The Balaban J connectivity index is 2.13. The Hall–Kier alpha value is -0.610. The second-order valence-corrected chi connectivity index (χ2v) is 6.01. The molecule has 0 bridgehead atoms. The smallest absolute Gasteiger partial charge is 0.139 e. The summed E-state index contributed by atoms with van der Waals surface area (Å²) in [5.41, 5.74) is 1.71. The summed E-state index contributed by atoms with van der Waals surface area (Å²) in [5, 5.41) is 0. The number of nitrogens with zero attached hydrogens (tertiary/aromatic N) is 2. The van der Waals surface area contributed by atoms with Gasteiger partial charge in [0.15, 0.2) is 0 Å². The molecule has 1 fully saturated rings. The lowest BCUT2D eigenvalue weighted by Crippen LogP contribution is -2.06. The van der Waals surface area contributed by atoms with Crippen LogP contribution in [0.3, 0.4) is 0 Å². The number of benzene rings is 1. The molecule has 1 aromatic carbocycles. The highest BCUT2D eigenvalue weighted by atomic mass is 79.9. The average molecular weight is 332 g/mol. The van der Waals surface area contributed by atoms with Gasteiger partial charge >= 0.3 is 0 Å². The molecule has 0 saturated heterocycles. The molecule has 0 amide bonds. The van der Waals surface area contributed by atoms with Crippen LogP contribution < -0.4 is 0 Å². The molecule has 2 aromatic rings. The highest BCUT2D eigenvalue weighted by molar-refractivity contribution is 9.10. The van der Waals surface area contributed by atoms with Gasteiger partial charge in [0, 0.05) is 24.9 Å². The Morgan fingerprint density at radius 1 is 1.44 bits per heavy atom. The number of alkyl halides is 1. The van der Waals surface area contributed by atoms with Gasteiger partial charge in [-0.15, -0.1) is 11.6 Å². The number of aromatic nitrogens is 2. The van der Waals surface area contributed by atoms with Crippen molar-refractivity contribution in [2.24, 2.45) is 5.92 Å². The first-order valence-electron chi connectivity index (χ1n) is 6.09. The predicted octanol–water partition coefficient (Wildman–Crippen LogP) is 4.13. The second-order valence-electron chi connectivity index (χ2n) is 4.78. The number of rotatable bonds is 4. The summed E-state index contributed by atoms with van der Waals surface area (Å²) >= 11 is 9.02. The minimum Gasteiger partial charge on any atom is -0.328 e. The molecule has 0 unspecified atom stereocenters. The fraction of sp³-hybridized carbons (Fsp3) is 0.462. The van der Waals surface area contributed by atoms with Crippen LogP contribution in [-0.4, -0.2) is 15.4 Å². The Labute approximate surface area is 118 Å². The van der Waals surface area contributed by atoms with Gasteiger partial charge in [-0.05, 0) is 40.8 Å². The molecule has 5 heteroatoms. The summed E-state index contributed by atoms with van der Waals surface area (Å²) in [6, 6.07) is 3.30. The van der Waals surface area contributed by atoms with E-state index in [-0.39, 0.29) is 5.82 Å². The third-order valence-electron chi connectivity index (χ3n) is 3.33. The Morgan fingerprint density at radius 3 is 2.89 bits per heavy atom. The first-order chi connectivity index (χ1) is 8.69. The van der Waals surface area contributed by atoms with E-state index in [9.17, 15) is 4.39 Å². The molecule has 1 saturated carbocycles. The molecule has 0 radical (unpaired) electrons. The molecule has 96 valence electrons. The molecule has 0 atom stereocenters. The van der Waals surface area contributed by atoms with Crippen molar-refractivity contribution < 1.29 is 4.39 Å². The van der Waals surface area contributed by atoms with E-state index in [0.29, 0.717) is 10.4 Å². The zero-order chi connectivity index (χ0) is 12.7. The van der Waals surface area contributed by atoms with Crippen LogP contribution >= 0.6 is 27.5 Å². The highest BCUT2D eigenvalue weighted by Gasteiger charge is 2.24. The summed E-state index contributed by atoms with van der Waals surface area (Å²) in [7, 11) is 0. The number of aryl methyl sites for hydroxylation is 1. The molecular weight excluding hydrogens is 319 g/mol. The van der Waals surface area contributed by atoms with Crippen LogP contribution in [0, 0.1) is 11.7 Å². The third-order valence-corrected chi connectivity index (χ3v) is 4.12. The third kappa shape index (κ3) is 2.28. The maximum absolute atomic E-state index is 13.7. The zero-order valence-electron chi connectivity index (χ0n) is 9.80. The molecule has 1 aromatic heterocycles. The molecule has 1 aliphatic carbocycles. The average Bonchev–Trinajstić information content (AvgIpc) is 3.09. The standard InChI is InChI=1S/C13H13BrClFN2/c14-9-5-11-12(6-10(9)16)18(7-8-1-2-8)13(17-11)3-4-15/h5-6,8H,1-4,7H2. The lowest BCUT2D eigenvalue weighted by molar-refractivity contribution is 0.605. The molecule has 18 heavy (non-hydrogen) atoms. The van der Waals surface area contributed by atoms with Crippen molar-refractivity contribution in [3.8, 4) is 0 Å². The predicted molar refractivity (Wildman–Crippen MR) is 74.5 cm³/mol. The summed E-state index contributed by atoms with van der Waals surface area (Å²) in [4.78, 5) is 4.57. The van der Waals surface area contributed by atoms with E-state index >= 15 is 0 Å². The number of hydrogen-bond acceptors (Lipinski definition) is 1. The van der Waals surface area contributed by atoms with E-state index in [0.717, 1.165) is 35.7 Å². The lowest BCUT2D eigenvalue weighted by Gasteiger charge is -2.07. The fourth-order valence-electron chi connectivity index (χ4n) is 2.21. The highest BCUT2D eigenvalue weighted by Crippen LogP contribution is 2.33. The Bertz CT molecular complexity index is 592. The molecule has 2 nitrogen and oxygen atoms in total. The van der Waals surface area contributed by atoms with Gasteiger partial charge in [-0.25, -0.2) is 9.37 Å². The van der Waals surface area contributed by atoms with Crippen molar-refractivity contribution in [1.29, 1.82) is 0 Å². The first-order valence-corrected chi connectivity index (χ1v) is 7.42. The van der Waals surface area contributed by atoms with Crippen LogP contribution in [0.25, 0.3) is 11.0 Å². The topological polar surface area (TPSA) is 17.8 Å². The van der Waals surface area contributed by atoms with Crippen LogP contribution in [-0.2, 0) is 13.0 Å². The maximum atomic E-state index is 13.7. The summed E-state index contributed by atoms with van der Waals surface area (Å²) < 4.78 is 16.3. The number of hydrogen-bond donors (Lipinski definition) is 0. The minimum atomic E-state index is -0.239. The molecule has 0 spiro atoms. The van der Waals surface area contributed by atoms with Crippen molar-refractivity contribution in [2.45, 2.75) is 25.8 Å². The maximum Gasteiger partial charge on any atom is 0.139 e. The zero-order valence-corrected chi connectivity index (χ0v) is 12.1. The number of halogens is 3. The summed E-state index contributed by atoms with van der Waals surface area (Å²) in [6.07, 6.45) is 3.25. The van der Waals surface area contributed by atoms with E-state index in [2.05, 4.69) is 25.5 Å². The number of imidazole rings is 1. The normalized spacial score (nSPS) is 15.5. The van der Waals surface area contributed by atoms with Gasteiger partial charge in [0.05, 0.1) is 15.5 Å². The van der Waals surface area contributed by atoms with E-state index < -0.39 is 0 Å². The van der Waals surface area contributed by atoms with Gasteiger partial charge in [-0.3, -0.25) is 0 Å². The van der Waals surface area contributed by atoms with Crippen molar-refractivity contribution >= 4 is 38.6 Å². The fourth-order valence-corrected chi connectivity index (χ4v) is 2.71. The summed E-state index contributed by atoms with van der Waals surface area (Å²) in [6.45, 7) is 0.934. The van der Waals surface area contributed by atoms with Crippen molar-refractivity contribution in [1.82, 2.24) is 9.55 Å². The van der Waals surface area contributed by atoms with Crippen LogP contribution in [0.4, 0.5) is 4.39 Å². The van der Waals surface area contributed by atoms with Gasteiger partial charge in [-0.2, -0.15) is 0 Å². The Morgan fingerprint density at radius 2 is 2.22 bits per heavy atom. The van der Waals surface area contributed by atoms with E-state index in [1.165, 1.54) is 12.8 Å². The monoisotopic (exact) mass is 330 g/mol. The minimum absolute atomic E-state index is 0.239. The van der Waals surface area contributed by atoms with Gasteiger partial charge in [-0.1, -0.05) is 0 Å². The molecule has 0 N–H and O–H groups in total. The van der Waals surface area contributed by atoms with E-state index in [4.69, 9.17) is 11.6 Å². The van der Waals surface area contributed by atoms with Gasteiger partial charge in [0.25, 0.3) is 0 Å². The molecule has 1 heterocycles. The SMILES string of the molecule is Fc1cc2c(cc1Br)nc(CCCl)n2CC1CC1. The first kappa shape index (κ1) is 12.4. The van der Waals surface area contributed by atoms with Gasteiger partial charge in [0.2, 0.25) is 0 Å². The van der Waals surface area contributed by atoms with E-state index in [1.54, 1.807) is 12.1 Å². The number of fused-ring (bicyclic) bond motifs is 1. The molecular formula is C13H13BrClFN2. The van der Waals surface area contributed by atoms with Crippen molar-refractivity contribution in [3.05, 3.63) is 28.2 Å². The van der Waals surface area contributed by atoms with Gasteiger partial charge in [0.1, 0.15) is 11.6 Å². The molecule has 0 aliphatic heterocycles. The van der Waals surface area contributed by atoms with Crippen LogP contribution in [0.2, 0.25) is 0 Å². The quantitative estimate of drug-likeness (QED) is 0.770. The van der Waals surface area contributed by atoms with Crippen LogP contribution in [0.15, 0.2) is 16.6 Å². The van der Waals surface area contributed by atoms with Crippen LogP contribution in [0.1, 0.15) is 18.7 Å². The Kier molecular flexibility index (Phi) is 3.32. The van der Waals surface area contributed by atoms with Gasteiger partial charge < -0.3 is 4.57 Å². The van der Waals surface area contributed by atoms with Crippen molar-refractivity contribution in [3.63, 3.8) is 0 Å². The van der Waals surface area contributed by atoms with Crippen molar-refractivity contribution in [2.75, 3.05) is 5.88 Å². The second kappa shape index (κ2) is 4.82. The molecule has 1 aliphatic rings.